The van der Waals surface area contributed by atoms with Crippen molar-refractivity contribution in [2.45, 2.75) is 6.18 Å². The van der Waals surface area contributed by atoms with Crippen molar-refractivity contribution in [1.82, 2.24) is 9.97 Å². The van der Waals surface area contributed by atoms with E-state index in [0.717, 1.165) is 12.1 Å². The van der Waals surface area contributed by atoms with E-state index in [0.29, 0.717) is 11.5 Å². The first-order chi connectivity index (χ1) is 8.45. The first-order valence-corrected chi connectivity index (χ1v) is 4.98. The van der Waals surface area contributed by atoms with Crippen LogP contribution in [0.15, 0.2) is 36.5 Å². The quantitative estimate of drug-likeness (QED) is 0.864. The summed E-state index contributed by atoms with van der Waals surface area (Å²) in [5, 5.41) is 2.82. The summed E-state index contributed by atoms with van der Waals surface area (Å²) in [6.45, 7) is 0. The second-order valence-electron chi connectivity index (χ2n) is 3.50. The number of nitrogens with one attached hydrogen (secondary N) is 1. The van der Waals surface area contributed by atoms with Gasteiger partial charge in [-0.1, -0.05) is 0 Å². The molecule has 4 nitrogen and oxygen atoms in total. The Morgan fingerprint density at radius 3 is 2.28 bits per heavy atom. The highest BCUT2D eigenvalue weighted by Crippen LogP contribution is 2.30. The summed E-state index contributed by atoms with van der Waals surface area (Å²) in [5.41, 5.74) is 5.17. The molecule has 1 aromatic carbocycles. The van der Waals surface area contributed by atoms with E-state index in [-0.39, 0.29) is 5.95 Å². The predicted molar refractivity (Wildman–Crippen MR) is 61.2 cm³/mol. The largest absolute Gasteiger partial charge is 0.416 e. The number of nitrogens with two attached hydrogens (primary N) is 1. The van der Waals surface area contributed by atoms with E-state index < -0.39 is 11.7 Å². The number of anilines is 3. The molecule has 0 radical (unpaired) electrons. The van der Waals surface area contributed by atoms with Gasteiger partial charge in [-0.15, -0.1) is 0 Å². The smallest absolute Gasteiger partial charge is 0.368 e. The molecule has 0 amide bonds. The average Bonchev–Trinajstić information content (AvgIpc) is 2.28. The molecule has 1 aromatic heterocycles. The number of nitrogen functional groups attached to an aromatic ring is 1. The van der Waals surface area contributed by atoms with E-state index in [4.69, 9.17) is 5.73 Å². The molecule has 2 rings (SSSR count). The van der Waals surface area contributed by atoms with Crippen LogP contribution in [0.5, 0.6) is 0 Å². The molecule has 0 fully saturated rings. The summed E-state index contributed by atoms with van der Waals surface area (Å²) < 4.78 is 37.0. The van der Waals surface area contributed by atoms with Gasteiger partial charge in [-0.05, 0) is 30.3 Å². The van der Waals surface area contributed by atoms with Gasteiger partial charge < -0.3 is 11.1 Å². The molecule has 94 valence electrons. The standard InChI is InChI=1S/C11H9F3N4/c12-11(13,14)7-1-3-8(4-2-7)17-9-5-6-16-10(15)18-9/h1-6H,(H3,15,16,17,18). The number of rotatable bonds is 2. The molecule has 0 bridgehead atoms. The third kappa shape index (κ3) is 2.88. The van der Waals surface area contributed by atoms with Crippen LogP contribution in [0, 0.1) is 0 Å². The zero-order valence-electron chi connectivity index (χ0n) is 9.07. The summed E-state index contributed by atoms with van der Waals surface area (Å²) in [7, 11) is 0. The molecule has 7 heteroatoms. The van der Waals surface area contributed by atoms with Gasteiger partial charge in [-0.3, -0.25) is 0 Å². The van der Waals surface area contributed by atoms with E-state index >= 15 is 0 Å². The van der Waals surface area contributed by atoms with Gasteiger partial charge in [-0.2, -0.15) is 18.2 Å². The second kappa shape index (κ2) is 4.52. The maximum absolute atomic E-state index is 12.3. The van der Waals surface area contributed by atoms with Crippen molar-refractivity contribution in [3.8, 4) is 0 Å². The highest BCUT2D eigenvalue weighted by Gasteiger charge is 2.29. The Bertz CT molecular complexity index is 537. The second-order valence-corrected chi connectivity index (χ2v) is 3.50. The fraction of sp³-hybridized carbons (Fsp3) is 0.0909. The lowest BCUT2D eigenvalue weighted by Crippen LogP contribution is -2.04. The van der Waals surface area contributed by atoms with E-state index in [2.05, 4.69) is 15.3 Å². The van der Waals surface area contributed by atoms with Gasteiger partial charge in [0.25, 0.3) is 0 Å². The minimum Gasteiger partial charge on any atom is -0.368 e. The van der Waals surface area contributed by atoms with Gasteiger partial charge in [0, 0.05) is 11.9 Å². The Labute approximate surface area is 101 Å². The van der Waals surface area contributed by atoms with Crippen molar-refractivity contribution in [3.63, 3.8) is 0 Å². The first-order valence-electron chi connectivity index (χ1n) is 4.98. The van der Waals surface area contributed by atoms with Crippen molar-refractivity contribution < 1.29 is 13.2 Å². The van der Waals surface area contributed by atoms with Crippen molar-refractivity contribution in [1.29, 1.82) is 0 Å². The maximum Gasteiger partial charge on any atom is 0.416 e. The van der Waals surface area contributed by atoms with Crippen LogP contribution in [0.1, 0.15) is 5.56 Å². The highest BCUT2D eigenvalue weighted by molar-refractivity contribution is 5.57. The fourth-order valence-corrected chi connectivity index (χ4v) is 1.33. The number of benzene rings is 1. The summed E-state index contributed by atoms with van der Waals surface area (Å²) in [6, 6.07) is 6.19. The van der Waals surface area contributed by atoms with Crippen LogP contribution < -0.4 is 11.1 Å². The average molecular weight is 254 g/mol. The van der Waals surface area contributed by atoms with Crippen LogP contribution in [0.3, 0.4) is 0 Å². The lowest BCUT2D eigenvalue weighted by Gasteiger charge is -2.09. The van der Waals surface area contributed by atoms with Crippen LogP contribution in [0.25, 0.3) is 0 Å². The van der Waals surface area contributed by atoms with Crippen LogP contribution >= 0.6 is 0 Å². The van der Waals surface area contributed by atoms with Crippen LogP contribution in [0.2, 0.25) is 0 Å². The van der Waals surface area contributed by atoms with Gasteiger partial charge in [0.1, 0.15) is 5.82 Å². The third-order valence-corrected chi connectivity index (χ3v) is 2.16. The molecular weight excluding hydrogens is 245 g/mol. The van der Waals surface area contributed by atoms with Crippen molar-refractivity contribution >= 4 is 17.5 Å². The summed E-state index contributed by atoms with van der Waals surface area (Å²) in [5.74, 6) is 0.508. The molecule has 0 unspecified atom stereocenters. The molecule has 0 spiro atoms. The molecule has 0 aliphatic heterocycles. The monoisotopic (exact) mass is 254 g/mol. The van der Waals surface area contributed by atoms with E-state index in [1.807, 2.05) is 0 Å². The lowest BCUT2D eigenvalue weighted by atomic mass is 10.2. The van der Waals surface area contributed by atoms with Gasteiger partial charge in [0.05, 0.1) is 5.56 Å². The Morgan fingerprint density at radius 1 is 1.06 bits per heavy atom. The Morgan fingerprint density at radius 2 is 1.72 bits per heavy atom. The summed E-state index contributed by atoms with van der Waals surface area (Å²) in [6.07, 6.45) is -2.88. The molecule has 0 aliphatic carbocycles. The Balaban J connectivity index is 2.16. The zero-order valence-corrected chi connectivity index (χ0v) is 9.07. The molecule has 0 saturated heterocycles. The molecule has 1 heterocycles. The van der Waals surface area contributed by atoms with Gasteiger partial charge in [0.2, 0.25) is 5.95 Å². The minimum atomic E-state index is -4.34. The number of aromatic nitrogens is 2. The van der Waals surface area contributed by atoms with E-state index in [1.165, 1.54) is 18.3 Å². The van der Waals surface area contributed by atoms with Gasteiger partial charge >= 0.3 is 6.18 Å². The molecule has 3 N–H and O–H groups in total. The molecule has 2 aromatic rings. The van der Waals surface area contributed by atoms with Crippen molar-refractivity contribution in [2.75, 3.05) is 11.1 Å². The topological polar surface area (TPSA) is 63.8 Å². The Hall–Kier alpha value is -2.31. The minimum absolute atomic E-state index is 0.0897. The Kier molecular flexibility index (Phi) is 3.05. The zero-order chi connectivity index (χ0) is 13.2. The number of alkyl halides is 3. The van der Waals surface area contributed by atoms with Crippen molar-refractivity contribution in [2.24, 2.45) is 0 Å². The molecule has 0 atom stereocenters. The summed E-state index contributed by atoms with van der Waals surface area (Å²) in [4.78, 5) is 7.58. The fourth-order valence-electron chi connectivity index (χ4n) is 1.33. The number of hydrogen-bond acceptors (Lipinski definition) is 4. The predicted octanol–water partition coefficient (Wildman–Crippen LogP) is 2.82. The maximum atomic E-state index is 12.3. The SMILES string of the molecule is Nc1nccc(Nc2ccc(C(F)(F)F)cc2)n1. The van der Waals surface area contributed by atoms with E-state index in [1.54, 1.807) is 6.07 Å². The normalized spacial score (nSPS) is 11.3. The van der Waals surface area contributed by atoms with Crippen LogP contribution in [-0.4, -0.2) is 9.97 Å². The van der Waals surface area contributed by atoms with Gasteiger partial charge in [0.15, 0.2) is 0 Å². The number of halogens is 3. The number of nitrogens with zero attached hydrogens (tertiary/aromatic N) is 2. The third-order valence-electron chi connectivity index (χ3n) is 2.16. The highest BCUT2D eigenvalue weighted by atomic mass is 19.4. The van der Waals surface area contributed by atoms with Crippen LogP contribution in [0.4, 0.5) is 30.6 Å². The lowest BCUT2D eigenvalue weighted by molar-refractivity contribution is -0.137. The van der Waals surface area contributed by atoms with Crippen molar-refractivity contribution in [3.05, 3.63) is 42.1 Å². The van der Waals surface area contributed by atoms with Gasteiger partial charge in [-0.25, -0.2) is 4.98 Å². The molecular formula is C11H9F3N4. The molecule has 0 aliphatic rings. The molecule has 0 saturated carbocycles. The summed E-state index contributed by atoms with van der Waals surface area (Å²) >= 11 is 0. The van der Waals surface area contributed by atoms with Crippen LogP contribution in [-0.2, 0) is 6.18 Å². The first kappa shape index (κ1) is 12.2. The molecule has 18 heavy (non-hydrogen) atoms. The van der Waals surface area contributed by atoms with E-state index in [9.17, 15) is 13.2 Å². The number of hydrogen-bond donors (Lipinski definition) is 2.